The summed E-state index contributed by atoms with van der Waals surface area (Å²) in [4.78, 5) is 17.5. The molecule has 1 saturated heterocycles. The van der Waals surface area contributed by atoms with Crippen molar-refractivity contribution in [3.8, 4) is 0 Å². The van der Waals surface area contributed by atoms with Gasteiger partial charge in [-0.1, -0.05) is 60.1 Å². The van der Waals surface area contributed by atoms with E-state index < -0.39 is 0 Å². The Labute approximate surface area is 214 Å². The predicted molar refractivity (Wildman–Crippen MR) is 142 cm³/mol. The number of carbonyl (C=O) groups is 1. The quantitative estimate of drug-likeness (QED) is 0.407. The van der Waals surface area contributed by atoms with Crippen LogP contribution in [0, 0.1) is 12.8 Å². The third-order valence-corrected chi connectivity index (χ3v) is 7.76. The molecular formula is C29H37ClN4O. The van der Waals surface area contributed by atoms with Crippen molar-refractivity contribution in [1.82, 2.24) is 19.6 Å². The van der Waals surface area contributed by atoms with E-state index in [0.29, 0.717) is 24.8 Å². The standard InChI is InChI=1S/C29H37ClN4O/c1-22-26(21-33(3)31-22)20-32(2)28(19-23-9-5-4-6-10-23)25-15-17-34(18-16-25)29(35)14-13-24-11-7-8-12-27(24)30/h4-12,21,25,28H,13-20H2,1-3H3. The van der Waals surface area contributed by atoms with E-state index in [1.165, 1.54) is 11.1 Å². The summed E-state index contributed by atoms with van der Waals surface area (Å²) in [6.07, 6.45) is 6.43. The molecule has 1 aliphatic heterocycles. The van der Waals surface area contributed by atoms with E-state index in [2.05, 4.69) is 65.4 Å². The maximum absolute atomic E-state index is 12.9. The van der Waals surface area contributed by atoms with Crippen LogP contribution in [-0.4, -0.2) is 51.7 Å². The molecule has 0 aliphatic carbocycles. The van der Waals surface area contributed by atoms with Crippen LogP contribution in [0.3, 0.4) is 0 Å². The SMILES string of the molecule is Cc1nn(C)cc1CN(C)C(Cc1ccccc1)C1CCN(C(=O)CCc2ccccc2Cl)CC1. The number of likely N-dealkylation sites (N-methyl/N-ethyl adjacent to an activating group) is 1. The highest BCUT2D eigenvalue weighted by atomic mass is 35.5. The molecule has 1 amide bonds. The minimum absolute atomic E-state index is 0.238. The van der Waals surface area contributed by atoms with Crippen molar-refractivity contribution in [3.05, 3.63) is 88.2 Å². The van der Waals surface area contributed by atoms with Crippen LogP contribution in [-0.2, 0) is 31.2 Å². The number of likely N-dealkylation sites (tertiary alicyclic amines) is 1. The van der Waals surface area contributed by atoms with Crippen LogP contribution in [0.25, 0.3) is 0 Å². The number of hydrogen-bond acceptors (Lipinski definition) is 3. The third-order valence-electron chi connectivity index (χ3n) is 7.39. The van der Waals surface area contributed by atoms with Crippen LogP contribution in [0.2, 0.25) is 5.02 Å². The monoisotopic (exact) mass is 492 g/mol. The van der Waals surface area contributed by atoms with E-state index in [9.17, 15) is 4.79 Å². The highest BCUT2D eigenvalue weighted by molar-refractivity contribution is 6.31. The van der Waals surface area contributed by atoms with Crippen molar-refractivity contribution in [3.63, 3.8) is 0 Å². The number of aryl methyl sites for hydroxylation is 3. The Morgan fingerprint density at radius 2 is 1.77 bits per heavy atom. The second-order valence-electron chi connectivity index (χ2n) is 9.90. The minimum Gasteiger partial charge on any atom is -0.343 e. The summed E-state index contributed by atoms with van der Waals surface area (Å²) in [7, 11) is 4.22. The summed E-state index contributed by atoms with van der Waals surface area (Å²) in [5, 5.41) is 5.28. The summed E-state index contributed by atoms with van der Waals surface area (Å²) >= 11 is 6.28. The van der Waals surface area contributed by atoms with Gasteiger partial charge < -0.3 is 4.90 Å². The number of amides is 1. The zero-order valence-corrected chi connectivity index (χ0v) is 21.9. The first-order valence-corrected chi connectivity index (χ1v) is 13.0. The molecule has 2 heterocycles. The first-order chi connectivity index (χ1) is 16.9. The van der Waals surface area contributed by atoms with Gasteiger partial charge in [0.25, 0.3) is 0 Å². The molecule has 35 heavy (non-hydrogen) atoms. The van der Waals surface area contributed by atoms with Crippen molar-refractivity contribution >= 4 is 17.5 Å². The summed E-state index contributed by atoms with van der Waals surface area (Å²) in [6, 6.07) is 19.0. The van der Waals surface area contributed by atoms with Gasteiger partial charge in [0.1, 0.15) is 0 Å². The summed E-state index contributed by atoms with van der Waals surface area (Å²) in [6.45, 7) is 4.63. The van der Waals surface area contributed by atoms with Crippen LogP contribution < -0.4 is 0 Å². The van der Waals surface area contributed by atoms with Crippen molar-refractivity contribution in [2.45, 2.75) is 51.6 Å². The van der Waals surface area contributed by atoms with E-state index in [1.54, 1.807) is 0 Å². The number of halogens is 1. The molecule has 186 valence electrons. The Morgan fingerprint density at radius 1 is 1.09 bits per heavy atom. The van der Waals surface area contributed by atoms with Gasteiger partial charge in [-0.3, -0.25) is 14.4 Å². The largest absolute Gasteiger partial charge is 0.343 e. The lowest BCUT2D eigenvalue weighted by Crippen LogP contribution is -2.46. The topological polar surface area (TPSA) is 41.4 Å². The maximum Gasteiger partial charge on any atom is 0.222 e. The molecule has 0 bridgehead atoms. The van der Waals surface area contributed by atoms with Crippen molar-refractivity contribution in [2.75, 3.05) is 20.1 Å². The summed E-state index contributed by atoms with van der Waals surface area (Å²) < 4.78 is 1.90. The number of benzene rings is 2. The number of hydrogen-bond donors (Lipinski definition) is 0. The van der Waals surface area contributed by atoms with Crippen LogP contribution in [0.15, 0.2) is 60.8 Å². The molecule has 0 N–H and O–H groups in total. The van der Waals surface area contributed by atoms with Gasteiger partial charge >= 0.3 is 0 Å². The number of aromatic nitrogens is 2. The Bertz CT molecular complexity index is 1100. The molecule has 5 nitrogen and oxygen atoms in total. The van der Waals surface area contributed by atoms with E-state index in [4.69, 9.17) is 11.6 Å². The second kappa shape index (κ2) is 11.9. The van der Waals surface area contributed by atoms with E-state index in [0.717, 1.165) is 55.2 Å². The summed E-state index contributed by atoms with van der Waals surface area (Å²) in [5.74, 6) is 0.784. The molecule has 0 spiro atoms. The first-order valence-electron chi connectivity index (χ1n) is 12.6. The van der Waals surface area contributed by atoms with Crippen LogP contribution in [0.4, 0.5) is 0 Å². The van der Waals surface area contributed by atoms with E-state index in [-0.39, 0.29) is 5.91 Å². The fourth-order valence-electron chi connectivity index (χ4n) is 5.36. The summed E-state index contributed by atoms with van der Waals surface area (Å²) in [5.41, 5.74) is 4.79. The zero-order chi connectivity index (χ0) is 24.8. The third kappa shape index (κ3) is 6.74. The molecule has 2 aromatic carbocycles. The highest BCUT2D eigenvalue weighted by Crippen LogP contribution is 2.28. The van der Waals surface area contributed by atoms with Gasteiger partial charge in [0.05, 0.1) is 5.69 Å². The molecule has 0 radical (unpaired) electrons. The van der Waals surface area contributed by atoms with Crippen molar-refractivity contribution in [1.29, 1.82) is 0 Å². The smallest absolute Gasteiger partial charge is 0.222 e. The Balaban J connectivity index is 1.38. The number of rotatable bonds is 9. The number of piperidine rings is 1. The molecule has 3 aromatic rings. The lowest BCUT2D eigenvalue weighted by atomic mass is 9.84. The van der Waals surface area contributed by atoms with Gasteiger partial charge in [0, 0.05) is 55.9 Å². The molecule has 0 saturated carbocycles. The highest BCUT2D eigenvalue weighted by Gasteiger charge is 2.31. The molecule has 4 rings (SSSR count). The molecule has 1 fully saturated rings. The van der Waals surface area contributed by atoms with Crippen LogP contribution in [0.5, 0.6) is 0 Å². The van der Waals surface area contributed by atoms with Crippen LogP contribution >= 0.6 is 11.6 Å². The average Bonchev–Trinajstić information content (AvgIpc) is 3.18. The predicted octanol–water partition coefficient (Wildman–Crippen LogP) is 5.30. The Morgan fingerprint density at radius 3 is 2.43 bits per heavy atom. The van der Waals surface area contributed by atoms with Gasteiger partial charge in [-0.05, 0) is 62.8 Å². The minimum atomic E-state index is 0.238. The lowest BCUT2D eigenvalue weighted by Gasteiger charge is -2.40. The van der Waals surface area contributed by atoms with E-state index in [1.807, 2.05) is 36.0 Å². The van der Waals surface area contributed by atoms with Crippen LogP contribution in [0.1, 0.15) is 41.6 Å². The zero-order valence-electron chi connectivity index (χ0n) is 21.2. The number of carbonyl (C=O) groups excluding carboxylic acids is 1. The molecule has 6 heteroatoms. The number of nitrogens with zero attached hydrogens (tertiary/aromatic N) is 4. The van der Waals surface area contributed by atoms with Gasteiger partial charge in [-0.2, -0.15) is 5.10 Å². The second-order valence-corrected chi connectivity index (χ2v) is 10.3. The fourth-order valence-corrected chi connectivity index (χ4v) is 5.59. The van der Waals surface area contributed by atoms with Crippen molar-refractivity contribution in [2.24, 2.45) is 13.0 Å². The molecule has 1 aromatic heterocycles. The molecule has 1 unspecified atom stereocenters. The van der Waals surface area contributed by atoms with Gasteiger partial charge in [0.15, 0.2) is 0 Å². The first kappa shape index (κ1) is 25.5. The normalized spacial score (nSPS) is 15.5. The average molecular weight is 493 g/mol. The Kier molecular flexibility index (Phi) is 8.64. The molecular weight excluding hydrogens is 456 g/mol. The van der Waals surface area contributed by atoms with E-state index >= 15 is 0 Å². The van der Waals surface area contributed by atoms with Gasteiger partial charge in [0.2, 0.25) is 5.91 Å². The van der Waals surface area contributed by atoms with Gasteiger partial charge in [-0.15, -0.1) is 0 Å². The maximum atomic E-state index is 12.9. The fraction of sp³-hybridized carbons (Fsp3) is 0.448. The lowest BCUT2D eigenvalue weighted by molar-refractivity contribution is -0.132. The van der Waals surface area contributed by atoms with Crippen molar-refractivity contribution < 1.29 is 4.79 Å². The molecule has 1 aliphatic rings. The van der Waals surface area contributed by atoms with Gasteiger partial charge in [-0.25, -0.2) is 0 Å². The molecule has 1 atom stereocenters. The Hall–Kier alpha value is -2.63.